The normalized spacial score (nSPS) is 16.1. The van der Waals surface area contributed by atoms with E-state index in [0.717, 1.165) is 56.3 Å². The first-order valence-corrected chi connectivity index (χ1v) is 9.39. The molecule has 8 heteroatoms. The number of likely N-dealkylation sites (tertiary alicyclic amines) is 1. The zero-order valence-corrected chi connectivity index (χ0v) is 15.8. The average molecular weight is 367 g/mol. The maximum atomic E-state index is 11.8. The van der Waals surface area contributed by atoms with Gasteiger partial charge in [-0.2, -0.15) is 4.52 Å². The number of piperidine rings is 1. The molecule has 3 aromatic heterocycles. The maximum Gasteiger partial charge on any atom is 0.250 e. The Balaban J connectivity index is 1.40. The molecule has 0 bridgehead atoms. The first-order chi connectivity index (χ1) is 13.1. The number of pyridine rings is 1. The minimum Gasteiger partial charge on any atom is -0.361 e. The van der Waals surface area contributed by atoms with E-state index in [1.807, 2.05) is 47.9 Å². The van der Waals surface area contributed by atoms with E-state index in [9.17, 15) is 4.79 Å². The smallest absolute Gasteiger partial charge is 0.250 e. The van der Waals surface area contributed by atoms with Crippen LogP contribution in [0.15, 0.2) is 41.3 Å². The fourth-order valence-corrected chi connectivity index (χ4v) is 3.60. The van der Waals surface area contributed by atoms with Gasteiger partial charge in [-0.25, -0.2) is 0 Å². The Labute approximate surface area is 158 Å². The summed E-state index contributed by atoms with van der Waals surface area (Å²) in [4.78, 5) is 16.2. The second-order valence-corrected chi connectivity index (χ2v) is 7.26. The van der Waals surface area contributed by atoms with E-state index < -0.39 is 0 Å². The largest absolute Gasteiger partial charge is 0.361 e. The molecule has 0 N–H and O–H groups in total. The monoisotopic (exact) mass is 367 g/mol. The number of hydrogen-bond acceptors (Lipinski definition) is 6. The van der Waals surface area contributed by atoms with Crippen molar-refractivity contribution in [2.75, 3.05) is 38.6 Å². The minimum absolute atomic E-state index is 0.0603. The van der Waals surface area contributed by atoms with Crippen LogP contribution < -0.4 is 10.5 Å². The maximum absolute atomic E-state index is 11.8. The summed E-state index contributed by atoms with van der Waals surface area (Å²) in [5.74, 6) is 2.21. The SMILES string of the molecule is CN(C)c1ccc2nnc(C3CCN(CCn4ccccc4=O)CC3)n2n1. The van der Waals surface area contributed by atoms with Gasteiger partial charge in [-0.15, -0.1) is 15.3 Å². The molecule has 0 amide bonds. The van der Waals surface area contributed by atoms with E-state index in [2.05, 4.69) is 20.2 Å². The van der Waals surface area contributed by atoms with Gasteiger partial charge in [-0.1, -0.05) is 6.07 Å². The highest BCUT2D eigenvalue weighted by atomic mass is 16.1. The Hall–Kier alpha value is -2.74. The Morgan fingerprint density at radius 1 is 1.07 bits per heavy atom. The fourth-order valence-electron chi connectivity index (χ4n) is 3.60. The first kappa shape index (κ1) is 17.7. The van der Waals surface area contributed by atoms with E-state index >= 15 is 0 Å². The third kappa shape index (κ3) is 3.71. The summed E-state index contributed by atoms with van der Waals surface area (Å²) >= 11 is 0. The molecular weight excluding hydrogens is 342 g/mol. The molecule has 1 saturated heterocycles. The van der Waals surface area contributed by atoms with Crippen molar-refractivity contribution >= 4 is 11.5 Å². The van der Waals surface area contributed by atoms with E-state index in [4.69, 9.17) is 0 Å². The lowest BCUT2D eigenvalue weighted by atomic mass is 9.96. The molecule has 27 heavy (non-hydrogen) atoms. The van der Waals surface area contributed by atoms with Crippen LogP contribution in [0.2, 0.25) is 0 Å². The average Bonchev–Trinajstić information content (AvgIpc) is 3.11. The van der Waals surface area contributed by atoms with Crippen LogP contribution in [-0.2, 0) is 6.54 Å². The molecule has 1 aliphatic heterocycles. The highest BCUT2D eigenvalue weighted by Crippen LogP contribution is 2.27. The fraction of sp³-hybridized carbons (Fsp3) is 0.474. The lowest BCUT2D eigenvalue weighted by Gasteiger charge is -2.31. The summed E-state index contributed by atoms with van der Waals surface area (Å²) < 4.78 is 3.66. The molecule has 0 saturated carbocycles. The van der Waals surface area contributed by atoms with Crippen molar-refractivity contribution in [2.24, 2.45) is 0 Å². The lowest BCUT2D eigenvalue weighted by molar-refractivity contribution is 0.201. The molecule has 0 spiro atoms. The molecule has 8 nitrogen and oxygen atoms in total. The summed E-state index contributed by atoms with van der Waals surface area (Å²) in [5.41, 5.74) is 0.853. The highest BCUT2D eigenvalue weighted by Gasteiger charge is 2.25. The number of rotatable bonds is 5. The van der Waals surface area contributed by atoms with Crippen LogP contribution in [0.3, 0.4) is 0 Å². The van der Waals surface area contributed by atoms with Gasteiger partial charge in [0.15, 0.2) is 11.5 Å². The summed E-state index contributed by atoms with van der Waals surface area (Å²) in [6.07, 6.45) is 3.90. The standard InChI is InChI=1S/C19H25N7O/c1-23(2)17-7-6-16-20-21-19(26(16)22-17)15-8-11-24(12-9-15)13-14-25-10-4-3-5-18(25)27/h3-7,10,15H,8-9,11-14H2,1-2H3. The van der Waals surface area contributed by atoms with Crippen molar-refractivity contribution in [2.45, 2.75) is 25.3 Å². The summed E-state index contributed by atoms with van der Waals surface area (Å²) in [6, 6.07) is 9.22. The van der Waals surface area contributed by atoms with E-state index in [-0.39, 0.29) is 5.56 Å². The molecule has 4 rings (SSSR count). The minimum atomic E-state index is 0.0603. The van der Waals surface area contributed by atoms with Crippen molar-refractivity contribution in [3.63, 3.8) is 0 Å². The second-order valence-electron chi connectivity index (χ2n) is 7.26. The predicted molar refractivity (Wildman–Crippen MR) is 104 cm³/mol. The van der Waals surface area contributed by atoms with Crippen LogP contribution in [0.4, 0.5) is 5.82 Å². The molecule has 4 heterocycles. The lowest BCUT2D eigenvalue weighted by Crippen LogP contribution is -2.37. The van der Waals surface area contributed by atoms with Crippen molar-refractivity contribution in [1.29, 1.82) is 0 Å². The number of hydrogen-bond donors (Lipinski definition) is 0. The van der Waals surface area contributed by atoms with Gasteiger partial charge in [0.25, 0.3) is 5.56 Å². The van der Waals surface area contributed by atoms with E-state index in [1.54, 1.807) is 16.7 Å². The summed E-state index contributed by atoms with van der Waals surface area (Å²) in [5, 5.41) is 13.4. The van der Waals surface area contributed by atoms with Gasteiger partial charge in [-0.05, 0) is 44.1 Å². The molecule has 3 aromatic rings. The van der Waals surface area contributed by atoms with Crippen molar-refractivity contribution in [3.8, 4) is 0 Å². The van der Waals surface area contributed by atoms with Crippen molar-refractivity contribution < 1.29 is 0 Å². The third-order valence-electron chi connectivity index (χ3n) is 5.24. The molecule has 1 aliphatic rings. The van der Waals surface area contributed by atoms with Crippen LogP contribution >= 0.6 is 0 Å². The van der Waals surface area contributed by atoms with E-state index in [0.29, 0.717) is 5.92 Å². The summed E-state index contributed by atoms with van der Waals surface area (Å²) in [6.45, 7) is 3.61. The molecule has 0 radical (unpaired) electrons. The zero-order chi connectivity index (χ0) is 18.8. The predicted octanol–water partition coefficient (Wildman–Crippen LogP) is 1.23. The quantitative estimate of drug-likeness (QED) is 0.676. The van der Waals surface area contributed by atoms with Crippen molar-refractivity contribution in [3.05, 3.63) is 52.7 Å². The number of aromatic nitrogens is 5. The van der Waals surface area contributed by atoms with Gasteiger partial charge in [0, 0.05) is 45.4 Å². The van der Waals surface area contributed by atoms with Crippen LogP contribution in [0.5, 0.6) is 0 Å². The van der Waals surface area contributed by atoms with E-state index in [1.165, 1.54) is 0 Å². The second kappa shape index (κ2) is 7.48. The zero-order valence-electron chi connectivity index (χ0n) is 15.8. The number of nitrogens with zero attached hydrogens (tertiary/aromatic N) is 7. The molecule has 142 valence electrons. The van der Waals surface area contributed by atoms with Gasteiger partial charge in [-0.3, -0.25) is 4.79 Å². The number of anilines is 1. The molecule has 0 aliphatic carbocycles. The topological polar surface area (TPSA) is 71.6 Å². The third-order valence-corrected chi connectivity index (χ3v) is 5.24. The molecular formula is C19H25N7O. The van der Waals surface area contributed by atoms with Crippen LogP contribution in [0, 0.1) is 0 Å². The Morgan fingerprint density at radius 3 is 2.63 bits per heavy atom. The molecule has 0 aromatic carbocycles. The summed E-state index contributed by atoms with van der Waals surface area (Å²) in [7, 11) is 3.96. The van der Waals surface area contributed by atoms with Crippen LogP contribution in [0.1, 0.15) is 24.6 Å². The molecule has 1 fully saturated rings. The van der Waals surface area contributed by atoms with Gasteiger partial charge in [0.05, 0.1) is 0 Å². The Morgan fingerprint density at radius 2 is 1.89 bits per heavy atom. The Bertz CT molecular complexity index is 969. The van der Waals surface area contributed by atoms with Gasteiger partial charge >= 0.3 is 0 Å². The first-order valence-electron chi connectivity index (χ1n) is 9.39. The van der Waals surface area contributed by atoms with Crippen LogP contribution in [-0.4, -0.2) is 63.0 Å². The highest BCUT2D eigenvalue weighted by molar-refractivity contribution is 5.45. The van der Waals surface area contributed by atoms with Gasteiger partial charge in [0.2, 0.25) is 0 Å². The Kier molecular flexibility index (Phi) is 4.89. The molecule has 0 atom stereocenters. The van der Waals surface area contributed by atoms with Gasteiger partial charge < -0.3 is 14.4 Å². The van der Waals surface area contributed by atoms with Crippen LogP contribution in [0.25, 0.3) is 5.65 Å². The van der Waals surface area contributed by atoms with Gasteiger partial charge in [0.1, 0.15) is 5.82 Å². The molecule has 0 unspecified atom stereocenters. The van der Waals surface area contributed by atoms with Crippen molar-refractivity contribution in [1.82, 2.24) is 29.3 Å². The number of fused-ring (bicyclic) bond motifs is 1.